The van der Waals surface area contributed by atoms with Crippen LogP contribution in [-0.2, 0) is 14.3 Å². The number of aliphatic hydroxyl groups is 1. The quantitative estimate of drug-likeness (QED) is 0.477. The predicted octanol–water partition coefficient (Wildman–Crippen LogP) is 2.66. The Bertz CT molecular complexity index is 897. The zero-order valence-corrected chi connectivity index (χ0v) is 15.4. The van der Waals surface area contributed by atoms with Crippen molar-refractivity contribution in [3.63, 3.8) is 0 Å². The van der Waals surface area contributed by atoms with Crippen molar-refractivity contribution in [3.8, 4) is 5.75 Å². The molecule has 27 heavy (non-hydrogen) atoms. The molecule has 0 spiro atoms. The highest BCUT2D eigenvalue weighted by Crippen LogP contribution is 2.40. The second-order valence-corrected chi connectivity index (χ2v) is 6.17. The molecular weight excluding hydrogens is 350 g/mol. The summed E-state index contributed by atoms with van der Waals surface area (Å²) in [5.41, 5.74) is 0.367. The van der Waals surface area contributed by atoms with E-state index in [0.29, 0.717) is 22.8 Å². The number of ether oxygens (including phenoxy) is 2. The molecule has 1 saturated heterocycles. The Labute approximate surface area is 156 Å². The lowest BCUT2D eigenvalue weighted by Gasteiger charge is -2.22. The summed E-state index contributed by atoms with van der Waals surface area (Å²) in [6.45, 7) is 2.22. The maximum atomic E-state index is 12.7. The third-order valence-electron chi connectivity index (χ3n) is 4.45. The summed E-state index contributed by atoms with van der Waals surface area (Å²) in [4.78, 5) is 26.7. The van der Waals surface area contributed by atoms with E-state index in [9.17, 15) is 14.7 Å². The normalized spacial score (nSPS) is 18.9. The molecule has 7 heteroatoms. The van der Waals surface area contributed by atoms with Crippen LogP contribution in [0.3, 0.4) is 0 Å². The largest absolute Gasteiger partial charge is 0.507 e. The van der Waals surface area contributed by atoms with Gasteiger partial charge in [0.2, 0.25) is 0 Å². The van der Waals surface area contributed by atoms with Gasteiger partial charge in [-0.1, -0.05) is 12.1 Å². The number of likely N-dealkylation sites (tertiary alicyclic amines) is 1. The molecule has 142 valence electrons. The number of nitrogens with zero attached hydrogens (tertiary/aromatic N) is 1. The minimum Gasteiger partial charge on any atom is -0.507 e. The van der Waals surface area contributed by atoms with Crippen molar-refractivity contribution >= 4 is 17.4 Å². The van der Waals surface area contributed by atoms with Crippen LogP contribution >= 0.6 is 0 Å². The fourth-order valence-corrected chi connectivity index (χ4v) is 3.12. The highest BCUT2D eigenvalue weighted by atomic mass is 16.5. The molecule has 0 radical (unpaired) electrons. The predicted molar refractivity (Wildman–Crippen MR) is 97.3 cm³/mol. The number of rotatable bonds is 6. The summed E-state index contributed by atoms with van der Waals surface area (Å²) in [6.07, 6.45) is 0. The zero-order valence-electron chi connectivity index (χ0n) is 15.4. The molecule has 1 aromatic carbocycles. The fraction of sp³-hybridized carbons (Fsp3) is 0.300. The summed E-state index contributed by atoms with van der Waals surface area (Å²) in [7, 11) is 3.02. The number of Topliss-reactive ketones (excluding diaryl/α,β-unsaturated/α-hetero) is 1. The van der Waals surface area contributed by atoms with E-state index < -0.39 is 17.7 Å². The van der Waals surface area contributed by atoms with Gasteiger partial charge in [0, 0.05) is 19.2 Å². The van der Waals surface area contributed by atoms with E-state index in [4.69, 9.17) is 13.9 Å². The number of hydrogen-bond donors (Lipinski definition) is 1. The minimum atomic E-state index is -0.819. The number of methoxy groups -OCH3 is 2. The van der Waals surface area contributed by atoms with E-state index in [1.807, 2.05) is 0 Å². The Hall–Kier alpha value is -3.06. The van der Waals surface area contributed by atoms with Crippen LogP contribution in [0.1, 0.15) is 23.1 Å². The molecule has 1 fully saturated rings. The number of amides is 1. The highest BCUT2D eigenvalue weighted by Gasteiger charge is 2.47. The summed E-state index contributed by atoms with van der Waals surface area (Å²) in [5.74, 6) is -0.152. The Morgan fingerprint density at radius 1 is 1.22 bits per heavy atom. The van der Waals surface area contributed by atoms with Crippen LogP contribution in [0.2, 0.25) is 0 Å². The average Bonchev–Trinajstić information content (AvgIpc) is 3.21. The SMILES string of the molecule is COCCN1C(=O)C(=O)/C(=C(\O)c2cccc(OC)c2)[C@H]1c1ccc(C)o1. The lowest BCUT2D eigenvalue weighted by molar-refractivity contribution is -0.140. The van der Waals surface area contributed by atoms with Crippen LogP contribution in [0.25, 0.3) is 5.76 Å². The molecule has 0 aliphatic carbocycles. The van der Waals surface area contributed by atoms with Crippen LogP contribution < -0.4 is 4.74 Å². The van der Waals surface area contributed by atoms with Gasteiger partial charge in [-0.3, -0.25) is 9.59 Å². The molecule has 0 unspecified atom stereocenters. The van der Waals surface area contributed by atoms with E-state index in [1.165, 1.54) is 19.1 Å². The van der Waals surface area contributed by atoms with Gasteiger partial charge in [0.05, 0.1) is 19.3 Å². The van der Waals surface area contributed by atoms with Crippen molar-refractivity contribution < 1.29 is 28.6 Å². The van der Waals surface area contributed by atoms with Crippen LogP contribution in [0.15, 0.2) is 46.4 Å². The van der Waals surface area contributed by atoms with Gasteiger partial charge in [-0.2, -0.15) is 0 Å². The molecular formula is C20H21NO6. The Morgan fingerprint density at radius 2 is 2.00 bits per heavy atom. The number of carbonyl (C=O) groups is 2. The van der Waals surface area contributed by atoms with Gasteiger partial charge in [-0.25, -0.2) is 0 Å². The molecule has 1 amide bonds. The lowest BCUT2D eigenvalue weighted by Crippen LogP contribution is -2.32. The molecule has 2 heterocycles. The van der Waals surface area contributed by atoms with Crippen molar-refractivity contribution in [2.75, 3.05) is 27.4 Å². The third kappa shape index (κ3) is 3.46. The molecule has 1 N–H and O–H groups in total. The van der Waals surface area contributed by atoms with Gasteiger partial charge >= 0.3 is 0 Å². The molecule has 7 nitrogen and oxygen atoms in total. The number of aliphatic hydroxyl groups excluding tert-OH is 1. The number of aryl methyl sites for hydroxylation is 1. The molecule has 1 aliphatic rings. The Kier molecular flexibility index (Phi) is 5.32. The van der Waals surface area contributed by atoms with Crippen molar-refractivity contribution in [2.24, 2.45) is 0 Å². The first-order chi connectivity index (χ1) is 13.0. The maximum absolute atomic E-state index is 12.7. The van der Waals surface area contributed by atoms with Gasteiger partial charge in [0.1, 0.15) is 29.1 Å². The summed E-state index contributed by atoms with van der Waals surface area (Å²) in [5, 5.41) is 10.9. The molecule has 0 saturated carbocycles. The summed E-state index contributed by atoms with van der Waals surface area (Å²) < 4.78 is 15.9. The van der Waals surface area contributed by atoms with E-state index in [-0.39, 0.29) is 24.5 Å². The topological polar surface area (TPSA) is 89.2 Å². The first-order valence-corrected chi connectivity index (χ1v) is 8.46. The number of furan rings is 1. The first kappa shape index (κ1) is 18.7. The van der Waals surface area contributed by atoms with Crippen LogP contribution in [-0.4, -0.2) is 49.1 Å². The number of carbonyl (C=O) groups excluding carboxylic acids is 2. The van der Waals surface area contributed by atoms with Crippen molar-refractivity contribution in [1.82, 2.24) is 4.90 Å². The van der Waals surface area contributed by atoms with Gasteiger partial charge < -0.3 is 23.9 Å². The van der Waals surface area contributed by atoms with E-state index in [1.54, 1.807) is 43.3 Å². The summed E-state index contributed by atoms with van der Waals surface area (Å²) >= 11 is 0. The standard InChI is InChI=1S/C20H21NO6/c1-12-7-8-15(27-12)17-16(19(23)20(24)21(17)9-10-25-2)18(22)13-5-4-6-14(11-13)26-3/h4-8,11,17,22H,9-10H2,1-3H3/b18-16-/t17-/m1/s1. The van der Waals surface area contributed by atoms with Crippen molar-refractivity contribution in [1.29, 1.82) is 0 Å². The van der Waals surface area contributed by atoms with E-state index >= 15 is 0 Å². The van der Waals surface area contributed by atoms with Crippen LogP contribution in [0, 0.1) is 6.92 Å². The van der Waals surface area contributed by atoms with Gasteiger partial charge in [-0.15, -0.1) is 0 Å². The number of hydrogen-bond acceptors (Lipinski definition) is 6. The Morgan fingerprint density at radius 3 is 2.63 bits per heavy atom. The smallest absolute Gasteiger partial charge is 0.295 e. The average molecular weight is 371 g/mol. The van der Waals surface area contributed by atoms with Crippen LogP contribution in [0.4, 0.5) is 0 Å². The van der Waals surface area contributed by atoms with Crippen molar-refractivity contribution in [3.05, 3.63) is 59.1 Å². The van der Waals surface area contributed by atoms with Gasteiger partial charge in [0.25, 0.3) is 11.7 Å². The number of ketones is 1. The van der Waals surface area contributed by atoms with Crippen LogP contribution in [0.5, 0.6) is 5.75 Å². The molecule has 0 bridgehead atoms. The zero-order chi connectivity index (χ0) is 19.6. The molecule has 2 aromatic rings. The van der Waals surface area contributed by atoms with Gasteiger partial charge in [-0.05, 0) is 31.2 Å². The molecule has 1 aliphatic heterocycles. The highest BCUT2D eigenvalue weighted by molar-refractivity contribution is 6.46. The fourth-order valence-electron chi connectivity index (χ4n) is 3.12. The lowest BCUT2D eigenvalue weighted by atomic mass is 9.99. The second kappa shape index (κ2) is 7.67. The molecule has 1 aromatic heterocycles. The van der Waals surface area contributed by atoms with Gasteiger partial charge in [0.15, 0.2) is 0 Å². The van der Waals surface area contributed by atoms with E-state index in [0.717, 1.165) is 0 Å². The number of benzene rings is 1. The minimum absolute atomic E-state index is 0.0151. The maximum Gasteiger partial charge on any atom is 0.295 e. The first-order valence-electron chi connectivity index (χ1n) is 8.46. The third-order valence-corrected chi connectivity index (χ3v) is 4.45. The Balaban J connectivity index is 2.14. The molecule has 3 rings (SSSR count). The monoisotopic (exact) mass is 371 g/mol. The second-order valence-electron chi connectivity index (χ2n) is 6.17. The van der Waals surface area contributed by atoms with Crippen molar-refractivity contribution in [2.45, 2.75) is 13.0 Å². The van der Waals surface area contributed by atoms with E-state index in [2.05, 4.69) is 0 Å². The summed E-state index contributed by atoms with van der Waals surface area (Å²) in [6, 6.07) is 9.29. The molecule has 1 atom stereocenters.